The SMILES string of the molecule is O=C1CCN(Cc2cccc(CCO)c2)C(=O)N1. The number of aliphatic hydroxyl groups is 1. The summed E-state index contributed by atoms with van der Waals surface area (Å²) in [7, 11) is 0. The van der Waals surface area contributed by atoms with Crippen molar-refractivity contribution in [3.8, 4) is 0 Å². The van der Waals surface area contributed by atoms with Crippen LogP contribution in [-0.2, 0) is 17.8 Å². The summed E-state index contributed by atoms with van der Waals surface area (Å²) in [6.07, 6.45) is 0.959. The summed E-state index contributed by atoms with van der Waals surface area (Å²) in [4.78, 5) is 24.2. The van der Waals surface area contributed by atoms with Gasteiger partial charge in [0.1, 0.15) is 0 Å². The van der Waals surface area contributed by atoms with Crippen LogP contribution in [-0.4, -0.2) is 35.1 Å². The molecule has 1 aliphatic rings. The third-order valence-electron chi connectivity index (χ3n) is 2.91. The minimum Gasteiger partial charge on any atom is -0.396 e. The summed E-state index contributed by atoms with van der Waals surface area (Å²) in [5.74, 6) is -0.217. The zero-order chi connectivity index (χ0) is 13.0. The van der Waals surface area contributed by atoms with Crippen LogP contribution in [0.15, 0.2) is 24.3 Å². The van der Waals surface area contributed by atoms with Gasteiger partial charge in [-0.3, -0.25) is 10.1 Å². The number of benzene rings is 1. The molecule has 0 atom stereocenters. The monoisotopic (exact) mass is 248 g/mol. The number of carbonyl (C=O) groups is 2. The first kappa shape index (κ1) is 12.6. The van der Waals surface area contributed by atoms with E-state index in [1.807, 2.05) is 24.3 Å². The molecule has 1 aromatic carbocycles. The Morgan fingerprint density at radius 2 is 2.06 bits per heavy atom. The van der Waals surface area contributed by atoms with Crippen LogP contribution < -0.4 is 5.32 Å². The average Bonchev–Trinajstić information content (AvgIpc) is 2.34. The van der Waals surface area contributed by atoms with Gasteiger partial charge in [-0.25, -0.2) is 4.79 Å². The molecule has 1 saturated heterocycles. The molecule has 0 unspecified atom stereocenters. The number of nitrogens with zero attached hydrogens (tertiary/aromatic N) is 1. The highest BCUT2D eigenvalue weighted by atomic mass is 16.3. The van der Waals surface area contributed by atoms with Gasteiger partial charge in [0, 0.05) is 26.1 Å². The van der Waals surface area contributed by atoms with Gasteiger partial charge in [-0.1, -0.05) is 24.3 Å². The molecule has 96 valence electrons. The Morgan fingerprint density at radius 3 is 2.78 bits per heavy atom. The molecular weight excluding hydrogens is 232 g/mol. The molecule has 0 saturated carbocycles. The predicted molar refractivity (Wildman–Crippen MR) is 65.8 cm³/mol. The summed E-state index contributed by atoms with van der Waals surface area (Å²) in [6.45, 7) is 1.05. The standard InChI is InChI=1S/C13H16N2O3/c16-7-5-10-2-1-3-11(8-10)9-15-6-4-12(17)14-13(15)18/h1-3,8,16H,4-7,9H2,(H,14,17,18). The fourth-order valence-electron chi connectivity index (χ4n) is 1.98. The molecule has 0 aromatic heterocycles. The van der Waals surface area contributed by atoms with Crippen LogP contribution in [0.2, 0.25) is 0 Å². The highest BCUT2D eigenvalue weighted by molar-refractivity contribution is 5.96. The van der Waals surface area contributed by atoms with Gasteiger partial charge in [-0.05, 0) is 17.5 Å². The minimum atomic E-state index is -0.334. The Hall–Kier alpha value is -1.88. The van der Waals surface area contributed by atoms with Crippen molar-refractivity contribution < 1.29 is 14.7 Å². The summed E-state index contributed by atoms with van der Waals surface area (Å²) >= 11 is 0. The van der Waals surface area contributed by atoms with Crippen molar-refractivity contribution in [3.05, 3.63) is 35.4 Å². The van der Waals surface area contributed by atoms with Crippen molar-refractivity contribution in [1.29, 1.82) is 0 Å². The van der Waals surface area contributed by atoms with E-state index in [0.29, 0.717) is 25.9 Å². The number of urea groups is 1. The molecule has 2 N–H and O–H groups in total. The summed E-state index contributed by atoms with van der Waals surface area (Å²) in [6, 6.07) is 7.43. The molecule has 5 heteroatoms. The van der Waals surface area contributed by atoms with Crippen LogP contribution in [0.4, 0.5) is 4.79 Å². The predicted octanol–water partition coefficient (Wildman–Crippen LogP) is 0.663. The molecule has 18 heavy (non-hydrogen) atoms. The van der Waals surface area contributed by atoms with E-state index >= 15 is 0 Å². The number of amides is 3. The number of rotatable bonds is 4. The molecule has 0 spiro atoms. The maximum atomic E-state index is 11.6. The van der Waals surface area contributed by atoms with Gasteiger partial charge in [0.2, 0.25) is 5.91 Å². The van der Waals surface area contributed by atoms with Crippen LogP contribution in [0.5, 0.6) is 0 Å². The third kappa shape index (κ3) is 3.07. The first-order chi connectivity index (χ1) is 8.69. The van der Waals surface area contributed by atoms with Crippen molar-refractivity contribution >= 4 is 11.9 Å². The number of hydrogen-bond donors (Lipinski definition) is 2. The van der Waals surface area contributed by atoms with Gasteiger partial charge < -0.3 is 10.0 Å². The van der Waals surface area contributed by atoms with E-state index in [-0.39, 0.29) is 18.5 Å². The maximum absolute atomic E-state index is 11.6. The molecule has 1 heterocycles. The number of imide groups is 1. The van der Waals surface area contributed by atoms with E-state index in [4.69, 9.17) is 5.11 Å². The smallest absolute Gasteiger partial charge is 0.324 e. The van der Waals surface area contributed by atoms with Crippen molar-refractivity contribution in [2.45, 2.75) is 19.4 Å². The van der Waals surface area contributed by atoms with Crippen LogP contribution in [0.25, 0.3) is 0 Å². The van der Waals surface area contributed by atoms with E-state index < -0.39 is 0 Å². The van der Waals surface area contributed by atoms with Crippen molar-refractivity contribution in [2.24, 2.45) is 0 Å². The molecule has 3 amide bonds. The van der Waals surface area contributed by atoms with Crippen molar-refractivity contribution in [2.75, 3.05) is 13.2 Å². The summed E-state index contributed by atoms with van der Waals surface area (Å²) < 4.78 is 0. The third-order valence-corrected chi connectivity index (χ3v) is 2.91. The van der Waals surface area contributed by atoms with Crippen molar-refractivity contribution in [3.63, 3.8) is 0 Å². The quantitative estimate of drug-likeness (QED) is 0.822. The molecule has 0 aliphatic carbocycles. The maximum Gasteiger partial charge on any atom is 0.324 e. The van der Waals surface area contributed by atoms with Gasteiger partial charge in [0.05, 0.1) is 0 Å². The summed E-state index contributed by atoms with van der Waals surface area (Å²) in [5.41, 5.74) is 2.05. The van der Waals surface area contributed by atoms with Crippen LogP contribution >= 0.6 is 0 Å². The van der Waals surface area contributed by atoms with Gasteiger partial charge in [-0.2, -0.15) is 0 Å². The van der Waals surface area contributed by atoms with Gasteiger partial charge >= 0.3 is 6.03 Å². The highest BCUT2D eigenvalue weighted by Crippen LogP contribution is 2.11. The van der Waals surface area contributed by atoms with Gasteiger partial charge in [-0.15, -0.1) is 0 Å². The van der Waals surface area contributed by atoms with E-state index in [1.54, 1.807) is 4.90 Å². The lowest BCUT2D eigenvalue weighted by Crippen LogP contribution is -2.48. The molecular formula is C13H16N2O3. The Morgan fingerprint density at radius 1 is 1.28 bits per heavy atom. The second-order valence-corrected chi connectivity index (χ2v) is 4.32. The van der Waals surface area contributed by atoms with Gasteiger partial charge in [0.15, 0.2) is 0 Å². The first-order valence-electron chi connectivity index (χ1n) is 5.96. The average molecular weight is 248 g/mol. The Balaban J connectivity index is 2.02. The number of nitrogens with one attached hydrogen (secondary N) is 1. The van der Waals surface area contributed by atoms with Crippen LogP contribution in [0, 0.1) is 0 Å². The second kappa shape index (κ2) is 5.64. The Kier molecular flexibility index (Phi) is 3.94. The molecule has 1 aromatic rings. The first-order valence-corrected chi connectivity index (χ1v) is 5.96. The Labute approximate surface area is 105 Å². The fraction of sp³-hybridized carbons (Fsp3) is 0.385. The highest BCUT2D eigenvalue weighted by Gasteiger charge is 2.22. The van der Waals surface area contributed by atoms with E-state index in [0.717, 1.165) is 11.1 Å². The Bertz CT molecular complexity index is 459. The number of aliphatic hydroxyl groups excluding tert-OH is 1. The topological polar surface area (TPSA) is 69.6 Å². The van der Waals surface area contributed by atoms with E-state index in [1.165, 1.54) is 0 Å². The molecule has 2 rings (SSSR count). The molecule has 0 bridgehead atoms. The van der Waals surface area contributed by atoms with E-state index in [2.05, 4.69) is 5.32 Å². The molecule has 1 fully saturated rings. The normalized spacial score (nSPS) is 15.7. The number of hydrogen-bond acceptors (Lipinski definition) is 3. The largest absolute Gasteiger partial charge is 0.396 e. The van der Waals surface area contributed by atoms with Crippen LogP contribution in [0.1, 0.15) is 17.5 Å². The molecule has 0 radical (unpaired) electrons. The van der Waals surface area contributed by atoms with Crippen LogP contribution in [0.3, 0.4) is 0 Å². The lowest BCUT2D eigenvalue weighted by atomic mass is 10.1. The molecule has 1 aliphatic heterocycles. The zero-order valence-electron chi connectivity index (χ0n) is 10.1. The number of carbonyl (C=O) groups excluding carboxylic acids is 2. The second-order valence-electron chi connectivity index (χ2n) is 4.32. The zero-order valence-corrected chi connectivity index (χ0v) is 10.1. The summed E-state index contributed by atoms with van der Waals surface area (Å²) in [5, 5.41) is 11.2. The lowest BCUT2D eigenvalue weighted by molar-refractivity contribution is -0.121. The van der Waals surface area contributed by atoms with Crippen molar-refractivity contribution in [1.82, 2.24) is 10.2 Å². The molecule has 5 nitrogen and oxygen atoms in total. The lowest BCUT2D eigenvalue weighted by Gasteiger charge is -2.26. The van der Waals surface area contributed by atoms with Gasteiger partial charge in [0.25, 0.3) is 0 Å². The minimum absolute atomic E-state index is 0.113. The van der Waals surface area contributed by atoms with E-state index in [9.17, 15) is 9.59 Å². The fourth-order valence-corrected chi connectivity index (χ4v) is 1.98.